The van der Waals surface area contributed by atoms with Gasteiger partial charge in [-0.15, -0.1) is 13.2 Å². The number of nitrogens with zero attached hydrogens (tertiary/aromatic N) is 1. The molecule has 0 saturated heterocycles. The second-order valence-corrected chi connectivity index (χ2v) is 4.81. The Morgan fingerprint density at radius 3 is 2.48 bits per heavy atom. The minimum absolute atomic E-state index is 0.0486. The summed E-state index contributed by atoms with van der Waals surface area (Å²) >= 11 is 0. The first-order valence-electron chi connectivity index (χ1n) is 6.60. The minimum Gasteiger partial charge on any atom is -0.436 e. The van der Waals surface area contributed by atoms with E-state index in [-0.39, 0.29) is 22.6 Å². The highest BCUT2D eigenvalue weighted by atomic mass is 19.4. The summed E-state index contributed by atoms with van der Waals surface area (Å²) in [5.41, 5.74) is 0.612. The second-order valence-electron chi connectivity index (χ2n) is 4.81. The molecule has 0 aliphatic carbocycles. The molecule has 0 bridgehead atoms. The molecule has 7 heteroatoms. The second kappa shape index (κ2) is 5.42. The van der Waals surface area contributed by atoms with Gasteiger partial charge >= 0.3 is 6.36 Å². The van der Waals surface area contributed by atoms with Crippen molar-refractivity contribution in [3.8, 4) is 17.2 Å². The van der Waals surface area contributed by atoms with Gasteiger partial charge in [0.15, 0.2) is 22.6 Å². The zero-order valence-corrected chi connectivity index (χ0v) is 11.8. The largest absolute Gasteiger partial charge is 0.573 e. The molecule has 3 aromatic rings. The van der Waals surface area contributed by atoms with Crippen molar-refractivity contribution in [2.24, 2.45) is 0 Å². The fraction of sp³-hybridized carbons (Fsp3) is 0.125. The van der Waals surface area contributed by atoms with E-state index >= 15 is 0 Å². The fourth-order valence-electron chi connectivity index (χ4n) is 2.11. The maximum Gasteiger partial charge on any atom is 0.573 e. The number of rotatable bonds is 3. The number of fused-ring (bicyclic) bond motifs is 1. The molecule has 0 saturated carbocycles. The Balaban J connectivity index is 2.19. The first-order valence-corrected chi connectivity index (χ1v) is 6.60. The molecule has 0 N–H and O–H groups in total. The number of halogens is 3. The molecule has 23 heavy (non-hydrogen) atoms. The molecule has 1 aromatic heterocycles. The van der Waals surface area contributed by atoms with Crippen LogP contribution in [0.25, 0.3) is 22.6 Å². The molecule has 0 fully saturated rings. The van der Waals surface area contributed by atoms with E-state index in [0.717, 1.165) is 6.07 Å². The number of oxazole rings is 1. The molecule has 0 radical (unpaired) electrons. The van der Waals surface area contributed by atoms with Crippen LogP contribution in [0, 0.1) is 0 Å². The van der Waals surface area contributed by atoms with Crippen LogP contribution in [0.1, 0.15) is 17.3 Å². The molecule has 0 amide bonds. The summed E-state index contributed by atoms with van der Waals surface area (Å²) in [6.45, 7) is 1.24. The number of ether oxygens (including phenoxy) is 1. The van der Waals surface area contributed by atoms with E-state index in [4.69, 9.17) is 4.42 Å². The first kappa shape index (κ1) is 15.1. The molecule has 0 aliphatic rings. The number of hydrogen-bond donors (Lipinski definition) is 0. The van der Waals surface area contributed by atoms with E-state index in [1.807, 2.05) is 0 Å². The Hall–Kier alpha value is -2.83. The van der Waals surface area contributed by atoms with Crippen LogP contribution in [0.2, 0.25) is 0 Å². The third kappa shape index (κ3) is 3.18. The topological polar surface area (TPSA) is 52.3 Å². The van der Waals surface area contributed by atoms with Crippen molar-refractivity contribution < 1.29 is 27.1 Å². The van der Waals surface area contributed by atoms with Crippen LogP contribution in [0.3, 0.4) is 0 Å². The lowest BCUT2D eigenvalue weighted by Gasteiger charge is -2.09. The van der Waals surface area contributed by atoms with Crippen LogP contribution in [0.4, 0.5) is 13.2 Å². The molecule has 0 atom stereocenters. The highest BCUT2D eigenvalue weighted by molar-refractivity contribution is 5.99. The SMILES string of the molecule is CC(=O)c1cc(OC(F)(F)F)c2nc(-c3ccccc3)oc2c1. The maximum atomic E-state index is 12.6. The highest BCUT2D eigenvalue weighted by Gasteiger charge is 2.33. The molecule has 1 heterocycles. The Bertz CT molecular complexity index is 869. The summed E-state index contributed by atoms with van der Waals surface area (Å²) in [5.74, 6) is -0.823. The Morgan fingerprint density at radius 2 is 1.87 bits per heavy atom. The number of aromatic nitrogens is 1. The van der Waals surface area contributed by atoms with Crippen molar-refractivity contribution in [3.05, 3.63) is 48.0 Å². The molecule has 2 aromatic carbocycles. The van der Waals surface area contributed by atoms with Crippen molar-refractivity contribution in [2.75, 3.05) is 0 Å². The fourth-order valence-corrected chi connectivity index (χ4v) is 2.11. The van der Waals surface area contributed by atoms with E-state index in [2.05, 4.69) is 9.72 Å². The number of hydrogen-bond acceptors (Lipinski definition) is 4. The average molecular weight is 321 g/mol. The van der Waals surface area contributed by atoms with Gasteiger partial charge in [0.25, 0.3) is 0 Å². The van der Waals surface area contributed by atoms with Gasteiger partial charge in [0.2, 0.25) is 5.89 Å². The van der Waals surface area contributed by atoms with Gasteiger partial charge in [0.05, 0.1) is 0 Å². The monoisotopic (exact) mass is 321 g/mol. The Morgan fingerprint density at radius 1 is 1.17 bits per heavy atom. The van der Waals surface area contributed by atoms with E-state index < -0.39 is 17.9 Å². The summed E-state index contributed by atoms with van der Waals surface area (Å²) in [4.78, 5) is 15.5. The highest BCUT2D eigenvalue weighted by Crippen LogP contribution is 2.34. The van der Waals surface area contributed by atoms with Gasteiger partial charge in [-0.2, -0.15) is 0 Å². The first-order chi connectivity index (χ1) is 10.8. The number of carbonyl (C=O) groups is 1. The quantitative estimate of drug-likeness (QED) is 0.662. The van der Waals surface area contributed by atoms with Crippen LogP contribution >= 0.6 is 0 Å². The normalized spacial score (nSPS) is 11.7. The van der Waals surface area contributed by atoms with Gasteiger partial charge in [-0.05, 0) is 31.2 Å². The average Bonchev–Trinajstić information content (AvgIpc) is 2.91. The van der Waals surface area contributed by atoms with Crippen molar-refractivity contribution >= 4 is 16.9 Å². The van der Waals surface area contributed by atoms with Crippen molar-refractivity contribution in [3.63, 3.8) is 0 Å². The van der Waals surface area contributed by atoms with Gasteiger partial charge in [0.1, 0.15) is 0 Å². The van der Waals surface area contributed by atoms with Crippen LogP contribution in [-0.2, 0) is 0 Å². The van der Waals surface area contributed by atoms with E-state index in [9.17, 15) is 18.0 Å². The summed E-state index contributed by atoms with van der Waals surface area (Å²) < 4.78 is 47.2. The van der Waals surface area contributed by atoms with Crippen LogP contribution in [0.5, 0.6) is 5.75 Å². The number of benzene rings is 2. The smallest absolute Gasteiger partial charge is 0.436 e. The van der Waals surface area contributed by atoms with Crippen LogP contribution in [-0.4, -0.2) is 17.1 Å². The molecular weight excluding hydrogens is 311 g/mol. The number of carbonyl (C=O) groups excluding carboxylic acids is 1. The zero-order valence-electron chi connectivity index (χ0n) is 11.8. The molecule has 118 valence electrons. The van der Waals surface area contributed by atoms with Crippen LogP contribution < -0.4 is 4.74 Å². The van der Waals surface area contributed by atoms with Gasteiger partial charge < -0.3 is 9.15 Å². The lowest BCUT2D eigenvalue weighted by atomic mass is 10.1. The van der Waals surface area contributed by atoms with Crippen LogP contribution in [0.15, 0.2) is 46.9 Å². The van der Waals surface area contributed by atoms with E-state index in [0.29, 0.717) is 5.56 Å². The lowest BCUT2D eigenvalue weighted by Crippen LogP contribution is -2.17. The third-order valence-corrected chi connectivity index (χ3v) is 3.11. The van der Waals surface area contributed by atoms with E-state index in [1.54, 1.807) is 30.3 Å². The summed E-state index contributed by atoms with van der Waals surface area (Å²) in [5, 5.41) is 0. The predicted molar refractivity (Wildman–Crippen MR) is 76.1 cm³/mol. The standard InChI is InChI=1S/C16H10F3NO3/c1-9(21)11-7-12-14(13(8-11)23-16(17,18)19)20-15(22-12)10-5-3-2-4-6-10/h2-8H,1H3. The number of ketones is 1. The lowest BCUT2D eigenvalue weighted by molar-refractivity contribution is -0.274. The van der Waals surface area contributed by atoms with Crippen molar-refractivity contribution in [1.82, 2.24) is 4.98 Å². The van der Waals surface area contributed by atoms with E-state index in [1.165, 1.54) is 13.0 Å². The molecule has 3 rings (SSSR count). The van der Waals surface area contributed by atoms with Gasteiger partial charge in [-0.3, -0.25) is 4.79 Å². The summed E-state index contributed by atoms with van der Waals surface area (Å²) in [7, 11) is 0. The van der Waals surface area contributed by atoms with Gasteiger partial charge in [0, 0.05) is 11.1 Å². The van der Waals surface area contributed by atoms with Crippen molar-refractivity contribution in [1.29, 1.82) is 0 Å². The third-order valence-electron chi connectivity index (χ3n) is 3.11. The molecule has 0 spiro atoms. The van der Waals surface area contributed by atoms with Crippen molar-refractivity contribution in [2.45, 2.75) is 13.3 Å². The molecule has 4 nitrogen and oxygen atoms in total. The molecule has 0 aliphatic heterocycles. The number of Topliss-reactive ketones (excluding diaryl/α,β-unsaturated/α-hetero) is 1. The van der Waals surface area contributed by atoms with Gasteiger partial charge in [-0.25, -0.2) is 4.98 Å². The Kier molecular flexibility index (Phi) is 3.55. The van der Waals surface area contributed by atoms with Gasteiger partial charge in [-0.1, -0.05) is 18.2 Å². The zero-order chi connectivity index (χ0) is 16.6. The number of alkyl halides is 3. The maximum absolute atomic E-state index is 12.6. The molecule has 0 unspecified atom stereocenters. The Labute approximate surface area is 128 Å². The summed E-state index contributed by atoms with van der Waals surface area (Å²) in [6.07, 6.45) is -4.89. The summed E-state index contributed by atoms with van der Waals surface area (Å²) in [6, 6.07) is 11.1. The minimum atomic E-state index is -4.89. The molecular formula is C16H10F3NO3. The predicted octanol–water partition coefficient (Wildman–Crippen LogP) is 4.60.